The topological polar surface area (TPSA) is 83.3 Å². The molecule has 2 heterocycles. The lowest BCUT2D eigenvalue weighted by Crippen LogP contribution is -2.21. The van der Waals surface area contributed by atoms with Gasteiger partial charge in [0.25, 0.3) is 5.91 Å². The Labute approximate surface area is 213 Å². The van der Waals surface area contributed by atoms with Gasteiger partial charge in [0.2, 0.25) is 5.55 Å². The van der Waals surface area contributed by atoms with Crippen molar-refractivity contribution in [3.63, 3.8) is 0 Å². The van der Waals surface area contributed by atoms with Gasteiger partial charge in [0.05, 0.1) is 16.7 Å². The summed E-state index contributed by atoms with van der Waals surface area (Å²) in [7, 11) is 0. The van der Waals surface area contributed by atoms with Gasteiger partial charge in [-0.3, -0.25) is 4.79 Å². The monoisotopic (exact) mass is 484 g/mol. The van der Waals surface area contributed by atoms with E-state index in [0.29, 0.717) is 16.8 Å². The maximum atomic E-state index is 13.4. The fourth-order valence-corrected chi connectivity index (χ4v) is 4.28. The normalized spacial score (nSPS) is 11.8. The van der Waals surface area contributed by atoms with Crippen molar-refractivity contribution >= 4 is 39.3 Å². The minimum Gasteiger partial charge on any atom is -0.438 e. The summed E-state index contributed by atoms with van der Waals surface area (Å²) in [5.41, 5.74) is 7.71. The number of nitrogens with one attached hydrogen (secondary N) is 2. The van der Waals surface area contributed by atoms with Gasteiger partial charge in [0.15, 0.2) is 0 Å². The van der Waals surface area contributed by atoms with Gasteiger partial charge in [-0.15, -0.1) is 0 Å². The molecule has 2 N–H and O–H groups in total. The van der Waals surface area contributed by atoms with E-state index in [9.17, 15) is 4.79 Å². The van der Waals surface area contributed by atoms with Crippen LogP contribution >= 0.6 is 0 Å². The molecule has 37 heavy (non-hydrogen) atoms. The van der Waals surface area contributed by atoms with Gasteiger partial charge < -0.3 is 14.7 Å². The number of aromatic nitrogens is 2. The molecule has 0 atom stereocenters. The Bertz CT molecular complexity index is 1810. The molecule has 0 fully saturated rings. The van der Waals surface area contributed by atoms with Crippen molar-refractivity contribution < 1.29 is 9.21 Å². The number of carbonyl (C=O) groups excluding carboxylic acids is 1. The molecule has 0 radical (unpaired) electrons. The van der Waals surface area contributed by atoms with Crippen LogP contribution in [-0.2, 0) is 0 Å². The zero-order valence-electron chi connectivity index (χ0n) is 20.4. The number of carbonyl (C=O) groups is 1. The van der Waals surface area contributed by atoms with Crippen molar-refractivity contribution in [2.75, 3.05) is 5.32 Å². The van der Waals surface area contributed by atoms with Crippen molar-refractivity contribution in [1.29, 1.82) is 0 Å². The third kappa shape index (κ3) is 4.41. The molecular formula is C31H24N4O2. The van der Waals surface area contributed by atoms with E-state index in [1.165, 1.54) is 0 Å². The second-order valence-electron chi connectivity index (χ2n) is 8.97. The molecule has 6 heteroatoms. The number of rotatable bonds is 4. The van der Waals surface area contributed by atoms with E-state index in [1.807, 2.05) is 111 Å². The second-order valence-corrected chi connectivity index (χ2v) is 8.97. The molecule has 0 spiro atoms. The van der Waals surface area contributed by atoms with Crippen molar-refractivity contribution in [2.24, 2.45) is 4.99 Å². The summed E-state index contributed by atoms with van der Waals surface area (Å²) in [6, 6.07) is 30.8. The van der Waals surface area contributed by atoms with Gasteiger partial charge in [-0.2, -0.15) is 0 Å². The highest BCUT2D eigenvalue weighted by Gasteiger charge is 2.14. The molecule has 1 amide bonds. The van der Waals surface area contributed by atoms with Crippen molar-refractivity contribution in [2.45, 2.75) is 13.8 Å². The molecule has 6 aromatic rings. The lowest BCUT2D eigenvalue weighted by molar-refractivity contribution is 0.102. The van der Waals surface area contributed by atoms with Crippen molar-refractivity contribution in [1.82, 2.24) is 9.97 Å². The zero-order chi connectivity index (χ0) is 25.4. The molecule has 2 aromatic heterocycles. The van der Waals surface area contributed by atoms with Crippen LogP contribution < -0.4 is 10.9 Å². The number of imidazole rings is 1. The number of aromatic amines is 1. The van der Waals surface area contributed by atoms with Crippen LogP contribution in [0.3, 0.4) is 0 Å². The van der Waals surface area contributed by atoms with E-state index in [0.717, 1.165) is 44.6 Å². The number of fused-ring (bicyclic) bond motifs is 2. The summed E-state index contributed by atoms with van der Waals surface area (Å²) in [6.07, 6.45) is 0. The number of hydrogen-bond donors (Lipinski definition) is 2. The summed E-state index contributed by atoms with van der Waals surface area (Å²) in [5, 5.41) is 3.82. The molecule has 180 valence electrons. The summed E-state index contributed by atoms with van der Waals surface area (Å²) >= 11 is 0. The Hall–Kier alpha value is -4.97. The molecule has 6 rings (SSSR count). The Morgan fingerprint density at radius 1 is 0.892 bits per heavy atom. The minimum absolute atomic E-state index is 0.267. The average Bonchev–Trinajstić information content (AvgIpc) is 3.36. The van der Waals surface area contributed by atoms with Gasteiger partial charge in [0, 0.05) is 16.6 Å². The highest BCUT2D eigenvalue weighted by molar-refractivity contribution is 6.05. The predicted octanol–water partition coefficient (Wildman–Crippen LogP) is 7.08. The number of benzene rings is 4. The summed E-state index contributed by atoms with van der Waals surface area (Å²) in [4.78, 5) is 26.2. The van der Waals surface area contributed by atoms with Crippen LogP contribution in [0.2, 0.25) is 0 Å². The Morgan fingerprint density at radius 3 is 2.51 bits per heavy atom. The Kier molecular flexibility index (Phi) is 5.62. The van der Waals surface area contributed by atoms with E-state index >= 15 is 0 Å². The second kappa shape index (κ2) is 9.24. The Morgan fingerprint density at radius 2 is 1.68 bits per heavy atom. The first-order valence-corrected chi connectivity index (χ1v) is 12.1. The maximum Gasteiger partial charge on any atom is 0.261 e. The van der Waals surface area contributed by atoms with E-state index < -0.39 is 0 Å². The van der Waals surface area contributed by atoms with Crippen LogP contribution in [0.1, 0.15) is 21.5 Å². The van der Waals surface area contributed by atoms with Crippen LogP contribution in [0, 0.1) is 13.8 Å². The fraction of sp³-hybridized carbons (Fsp3) is 0.0645. The molecule has 4 aromatic carbocycles. The van der Waals surface area contributed by atoms with Gasteiger partial charge in [-0.05, 0) is 79.6 Å². The third-order valence-electron chi connectivity index (χ3n) is 6.50. The van der Waals surface area contributed by atoms with E-state index in [1.54, 1.807) is 0 Å². The first-order chi connectivity index (χ1) is 18.0. The number of aryl methyl sites for hydroxylation is 1. The number of hydrogen-bond acceptors (Lipinski definition) is 4. The van der Waals surface area contributed by atoms with Crippen LogP contribution in [0.4, 0.5) is 11.4 Å². The molecule has 0 aliphatic carbocycles. The highest BCUT2D eigenvalue weighted by Crippen LogP contribution is 2.24. The zero-order valence-corrected chi connectivity index (χ0v) is 20.4. The predicted molar refractivity (Wildman–Crippen MR) is 147 cm³/mol. The third-order valence-corrected chi connectivity index (χ3v) is 6.50. The molecule has 6 nitrogen and oxygen atoms in total. The smallest absolute Gasteiger partial charge is 0.261 e. The van der Waals surface area contributed by atoms with Crippen molar-refractivity contribution in [3.8, 4) is 11.4 Å². The van der Waals surface area contributed by atoms with Gasteiger partial charge in [-0.1, -0.05) is 42.5 Å². The van der Waals surface area contributed by atoms with Gasteiger partial charge >= 0.3 is 0 Å². The number of anilines is 1. The lowest BCUT2D eigenvalue weighted by atomic mass is 10.1. The Balaban J connectivity index is 1.35. The first-order valence-electron chi connectivity index (χ1n) is 12.1. The molecule has 0 unspecified atom stereocenters. The average molecular weight is 485 g/mol. The molecule has 0 aliphatic heterocycles. The number of nitrogens with zero attached hydrogens (tertiary/aromatic N) is 2. The van der Waals surface area contributed by atoms with Crippen LogP contribution in [0.15, 0.2) is 106 Å². The van der Waals surface area contributed by atoms with Crippen molar-refractivity contribution in [3.05, 3.63) is 119 Å². The van der Waals surface area contributed by atoms with Crippen LogP contribution in [0.5, 0.6) is 0 Å². The molecule has 0 saturated carbocycles. The van der Waals surface area contributed by atoms with Gasteiger partial charge in [0.1, 0.15) is 17.0 Å². The fourth-order valence-electron chi connectivity index (χ4n) is 4.28. The SMILES string of the molecule is Cc1cccc(N=c2oc3ccccc3cc2C(=O)Nc2ccc(-c3nc4ccccc4[nH]3)cc2)c1C. The lowest BCUT2D eigenvalue weighted by Gasteiger charge is -2.08. The van der Waals surface area contributed by atoms with Crippen LogP contribution in [-0.4, -0.2) is 15.9 Å². The largest absolute Gasteiger partial charge is 0.438 e. The molecule has 0 aliphatic rings. The number of para-hydroxylation sites is 3. The molecular weight excluding hydrogens is 460 g/mol. The quantitative estimate of drug-likeness (QED) is 0.280. The van der Waals surface area contributed by atoms with Gasteiger partial charge in [-0.25, -0.2) is 9.98 Å². The first kappa shape index (κ1) is 22.5. The standard InChI is InChI=1S/C31H24N4O2/c1-19-8-7-12-25(20(19)2)35-31-24(18-22-9-3-6-13-28(22)37-31)30(36)32-23-16-14-21(15-17-23)29-33-26-10-4-5-11-27(26)34-29/h3-18H,1-2H3,(H,32,36)(H,33,34). The summed E-state index contributed by atoms with van der Waals surface area (Å²) in [6.45, 7) is 4.05. The molecule has 0 bridgehead atoms. The molecule has 0 saturated heterocycles. The summed E-state index contributed by atoms with van der Waals surface area (Å²) < 4.78 is 6.12. The summed E-state index contributed by atoms with van der Waals surface area (Å²) in [5.74, 6) is 0.483. The highest BCUT2D eigenvalue weighted by atomic mass is 16.3. The maximum absolute atomic E-state index is 13.4. The van der Waals surface area contributed by atoms with E-state index in [-0.39, 0.29) is 11.5 Å². The number of H-pyrrole nitrogens is 1. The minimum atomic E-state index is -0.296. The van der Waals surface area contributed by atoms with Crippen LogP contribution in [0.25, 0.3) is 33.4 Å². The number of amides is 1. The van der Waals surface area contributed by atoms with E-state index in [2.05, 4.69) is 15.3 Å². The van der Waals surface area contributed by atoms with E-state index in [4.69, 9.17) is 9.41 Å².